The van der Waals surface area contributed by atoms with E-state index in [0.29, 0.717) is 6.04 Å². The molecule has 90 valence electrons. The van der Waals surface area contributed by atoms with Crippen LogP contribution >= 0.6 is 0 Å². The number of ether oxygens (including phenoxy) is 2. The van der Waals surface area contributed by atoms with Crippen molar-refractivity contribution in [3.05, 3.63) is 24.3 Å². The molecule has 0 fully saturated rings. The predicted molar refractivity (Wildman–Crippen MR) is 66.2 cm³/mol. The summed E-state index contributed by atoms with van der Waals surface area (Å²) in [4.78, 5) is 0. The first-order valence-electron chi connectivity index (χ1n) is 5.66. The van der Waals surface area contributed by atoms with Crippen molar-refractivity contribution in [2.75, 3.05) is 13.7 Å². The molecule has 1 aromatic carbocycles. The molecule has 0 aromatic heterocycles. The van der Waals surface area contributed by atoms with Crippen molar-refractivity contribution in [3.63, 3.8) is 0 Å². The zero-order valence-corrected chi connectivity index (χ0v) is 10.5. The van der Waals surface area contributed by atoms with E-state index >= 15 is 0 Å². The fourth-order valence-electron chi connectivity index (χ4n) is 1.35. The average Bonchev–Trinajstić information content (AvgIpc) is 2.26. The second-order valence-corrected chi connectivity index (χ2v) is 4.17. The second-order valence-electron chi connectivity index (χ2n) is 4.17. The van der Waals surface area contributed by atoms with Crippen molar-refractivity contribution < 1.29 is 9.47 Å². The van der Waals surface area contributed by atoms with Gasteiger partial charge in [0, 0.05) is 18.7 Å². The van der Waals surface area contributed by atoms with Gasteiger partial charge >= 0.3 is 0 Å². The quantitative estimate of drug-likeness (QED) is 0.803. The van der Waals surface area contributed by atoms with Crippen molar-refractivity contribution in [2.24, 2.45) is 0 Å². The molecule has 0 radical (unpaired) electrons. The highest BCUT2D eigenvalue weighted by atomic mass is 16.5. The van der Waals surface area contributed by atoms with Crippen LogP contribution in [0.15, 0.2) is 24.3 Å². The minimum absolute atomic E-state index is 0.148. The zero-order valence-electron chi connectivity index (χ0n) is 10.5. The summed E-state index contributed by atoms with van der Waals surface area (Å²) in [5, 5.41) is 3.34. The van der Waals surface area contributed by atoms with E-state index in [1.165, 1.54) is 0 Å². The Morgan fingerprint density at radius 1 is 1.19 bits per heavy atom. The highest BCUT2D eigenvalue weighted by Crippen LogP contribution is 2.19. The number of hydrogen-bond acceptors (Lipinski definition) is 3. The molecule has 0 bridgehead atoms. The Morgan fingerprint density at radius 2 is 1.88 bits per heavy atom. The third kappa shape index (κ3) is 4.53. The second kappa shape index (κ2) is 6.38. The molecule has 1 atom stereocenters. The molecule has 3 heteroatoms. The van der Waals surface area contributed by atoms with Crippen molar-refractivity contribution >= 4 is 0 Å². The van der Waals surface area contributed by atoms with Crippen molar-refractivity contribution in [2.45, 2.75) is 32.9 Å². The molecule has 1 rings (SSSR count). The van der Waals surface area contributed by atoms with Gasteiger partial charge in [0.05, 0.1) is 7.11 Å². The molecular formula is C13H21NO2. The van der Waals surface area contributed by atoms with Gasteiger partial charge in [0.25, 0.3) is 0 Å². The third-order valence-electron chi connectivity index (χ3n) is 2.19. The Bertz CT molecular complexity index is 313. The Hall–Kier alpha value is -1.22. The topological polar surface area (TPSA) is 30.5 Å². The van der Waals surface area contributed by atoms with Crippen LogP contribution in [0.2, 0.25) is 0 Å². The lowest BCUT2D eigenvalue weighted by atomic mass is 10.3. The van der Waals surface area contributed by atoms with Crippen LogP contribution in [0, 0.1) is 0 Å². The van der Waals surface area contributed by atoms with E-state index in [4.69, 9.17) is 9.47 Å². The predicted octanol–water partition coefficient (Wildman–Crippen LogP) is 2.46. The largest absolute Gasteiger partial charge is 0.497 e. The van der Waals surface area contributed by atoms with Gasteiger partial charge in [-0.05, 0) is 19.1 Å². The molecule has 1 unspecified atom stereocenters. The van der Waals surface area contributed by atoms with Crippen LogP contribution in [0.1, 0.15) is 20.8 Å². The van der Waals surface area contributed by atoms with Crippen LogP contribution in [0.3, 0.4) is 0 Å². The van der Waals surface area contributed by atoms with E-state index in [1.54, 1.807) is 7.11 Å². The van der Waals surface area contributed by atoms with Gasteiger partial charge in [-0.2, -0.15) is 0 Å². The fraction of sp³-hybridized carbons (Fsp3) is 0.538. The number of hydrogen-bond donors (Lipinski definition) is 1. The molecule has 1 N–H and O–H groups in total. The minimum Gasteiger partial charge on any atom is -0.497 e. The van der Waals surface area contributed by atoms with Gasteiger partial charge in [-0.3, -0.25) is 0 Å². The van der Waals surface area contributed by atoms with Gasteiger partial charge in [0.1, 0.15) is 17.6 Å². The maximum absolute atomic E-state index is 5.76. The maximum atomic E-state index is 5.76. The maximum Gasteiger partial charge on any atom is 0.123 e. The standard InChI is InChI=1S/C13H21NO2/c1-10(2)14-9-11(3)16-13-7-5-6-12(8-13)15-4/h5-8,10-11,14H,9H2,1-4H3. The Morgan fingerprint density at radius 3 is 2.50 bits per heavy atom. The first kappa shape index (κ1) is 12.8. The first-order chi connectivity index (χ1) is 7.61. The lowest BCUT2D eigenvalue weighted by molar-refractivity contribution is 0.213. The number of methoxy groups -OCH3 is 1. The summed E-state index contributed by atoms with van der Waals surface area (Å²) >= 11 is 0. The number of rotatable bonds is 6. The van der Waals surface area contributed by atoms with Crippen LogP contribution in [-0.4, -0.2) is 25.8 Å². The zero-order chi connectivity index (χ0) is 12.0. The van der Waals surface area contributed by atoms with E-state index < -0.39 is 0 Å². The Kier molecular flexibility index (Phi) is 5.12. The van der Waals surface area contributed by atoms with Gasteiger partial charge < -0.3 is 14.8 Å². The molecule has 16 heavy (non-hydrogen) atoms. The summed E-state index contributed by atoms with van der Waals surface area (Å²) in [5.74, 6) is 1.67. The molecular weight excluding hydrogens is 202 g/mol. The van der Waals surface area contributed by atoms with Crippen LogP contribution < -0.4 is 14.8 Å². The normalized spacial score (nSPS) is 12.6. The van der Waals surface area contributed by atoms with Crippen LogP contribution in [0.4, 0.5) is 0 Å². The van der Waals surface area contributed by atoms with E-state index in [-0.39, 0.29) is 6.10 Å². The monoisotopic (exact) mass is 223 g/mol. The molecule has 0 aliphatic carbocycles. The van der Waals surface area contributed by atoms with Crippen LogP contribution in [0.5, 0.6) is 11.5 Å². The molecule has 1 aromatic rings. The van der Waals surface area contributed by atoms with E-state index in [0.717, 1.165) is 18.0 Å². The third-order valence-corrected chi connectivity index (χ3v) is 2.19. The molecule has 3 nitrogen and oxygen atoms in total. The smallest absolute Gasteiger partial charge is 0.123 e. The molecule has 0 spiro atoms. The highest BCUT2D eigenvalue weighted by molar-refractivity contribution is 5.32. The van der Waals surface area contributed by atoms with Crippen LogP contribution in [0.25, 0.3) is 0 Å². The summed E-state index contributed by atoms with van der Waals surface area (Å²) in [6.45, 7) is 7.14. The highest BCUT2D eigenvalue weighted by Gasteiger charge is 2.05. The van der Waals surface area contributed by atoms with Crippen LogP contribution in [-0.2, 0) is 0 Å². The SMILES string of the molecule is COc1cccc(OC(C)CNC(C)C)c1. The summed E-state index contributed by atoms with van der Waals surface area (Å²) in [5.41, 5.74) is 0. The van der Waals surface area contributed by atoms with Gasteiger partial charge in [0.2, 0.25) is 0 Å². The van der Waals surface area contributed by atoms with E-state index in [9.17, 15) is 0 Å². The number of nitrogens with one attached hydrogen (secondary N) is 1. The molecule has 0 aliphatic rings. The van der Waals surface area contributed by atoms with E-state index in [1.807, 2.05) is 24.3 Å². The lowest BCUT2D eigenvalue weighted by Crippen LogP contribution is -2.33. The lowest BCUT2D eigenvalue weighted by Gasteiger charge is -2.17. The van der Waals surface area contributed by atoms with Crippen molar-refractivity contribution in [3.8, 4) is 11.5 Å². The molecule has 0 heterocycles. The summed E-state index contributed by atoms with van der Waals surface area (Å²) < 4.78 is 10.9. The van der Waals surface area contributed by atoms with E-state index in [2.05, 4.69) is 26.1 Å². The molecule has 0 aliphatic heterocycles. The Balaban J connectivity index is 2.45. The van der Waals surface area contributed by atoms with Gasteiger partial charge in [-0.15, -0.1) is 0 Å². The van der Waals surface area contributed by atoms with Crippen molar-refractivity contribution in [1.29, 1.82) is 0 Å². The fourth-order valence-corrected chi connectivity index (χ4v) is 1.35. The summed E-state index contributed by atoms with van der Waals surface area (Å²) in [6.07, 6.45) is 0.148. The van der Waals surface area contributed by atoms with Gasteiger partial charge in [0.15, 0.2) is 0 Å². The molecule has 0 amide bonds. The number of benzene rings is 1. The van der Waals surface area contributed by atoms with Gasteiger partial charge in [-0.1, -0.05) is 19.9 Å². The molecule has 0 saturated carbocycles. The minimum atomic E-state index is 0.148. The molecule has 0 saturated heterocycles. The van der Waals surface area contributed by atoms with Crippen molar-refractivity contribution in [1.82, 2.24) is 5.32 Å². The first-order valence-corrected chi connectivity index (χ1v) is 5.66. The summed E-state index contributed by atoms with van der Waals surface area (Å²) in [6, 6.07) is 8.15. The average molecular weight is 223 g/mol. The Labute approximate surface area is 97.8 Å². The van der Waals surface area contributed by atoms with Gasteiger partial charge in [-0.25, -0.2) is 0 Å². The summed E-state index contributed by atoms with van der Waals surface area (Å²) in [7, 11) is 1.66.